The number of aromatic nitrogens is 1. The fraction of sp³-hybridized carbons (Fsp3) is 0.182. The third-order valence-electron chi connectivity index (χ3n) is 4.56. The molecule has 148 valence electrons. The lowest BCUT2D eigenvalue weighted by molar-refractivity contribution is -0.111. The Kier molecular flexibility index (Phi) is 6.73. The number of methoxy groups -OCH3 is 2. The van der Waals surface area contributed by atoms with Crippen LogP contribution in [0.1, 0.15) is 5.56 Å². The lowest BCUT2D eigenvalue weighted by atomic mass is 9.98. The molecule has 0 spiro atoms. The van der Waals surface area contributed by atoms with Crippen LogP contribution in [0.5, 0.6) is 0 Å². The number of nitrogens with zero attached hydrogens (tertiary/aromatic N) is 2. The minimum absolute atomic E-state index is 0.0380. The van der Waals surface area contributed by atoms with Crippen LogP contribution in [0, 0.1) is 11.3 Å². The van der Waals surface area contributed by atoms with Crippen molar-refractivity contribution in [2.24, 2.45) is 0 Å². The quantitative estimate of drug-likeness (QED) is 0.519. The first kappa shape index (κ1) is 21.1. The molecule has 0 amide bonds. The monoisotopic (exact) mass is 428 g/mol. The van der Waals surface area contributed by atoms with Crippen LogP contribution in [0.4, 0.5) is 0 Å². The predicted octanol–water partition coefficient (Wildman–Crippen LogP) is 4.98. The van der Waals surface area contributed by atoms with Gasteiger partial charge in [0.05, 0.1) is 12.2 Å². The van der Waals surface area contributed by atoms with Gasteiger partial charge in [-0.2, -0.15) is 5.26 Å². The fourth-order valence-corrected chi connectivity index (χ4v) is 3.30. The Bertz CT molecular complexity index is 1100. The average molecular weight is 429 g/mol. The standard InChI is InChI=1S/C22H18Cl2N2O3/c1-28-21(29-2)13-26-20(15-5-9-17(24)10-6-15)11-18(19(12-25)22(26)27)14-3-7-16(23)8-4-14/h3-11,21H,13H2,1-2H3. The van der Waals surface area contributed by atoms with Gasteiger partial charge in [-0.05, 0) is 41.5 Å². The van der Waals surface area contributed by atoms with Crippen LogP contribution in [-0.2, 0) is 16.0 Å². The highest BCUT2D eigenvalue weighted by atomic mass is 35.5. The highest BCUT2D eigenvalue weighted by molar-refractivity contribution is 6.30. The van der Waals surface area contributed by atoms with Crippen molar-refractivity contribution in [3.63, 3.8) is 0 Å². The van der Waals surface area contributed by atoms with Crippen molar-refractivity contribution in [2.45, 2.75) is 12.8 Å². The molecular formula is C22H18Cl2N2O3. The minimum Gasteiger partial charge on any atom is -0.354 e. The molecule has 0 aliphatic rings. The number of rotatable bonds is 6. The summed E-state index contributed by atoms with van der Waals surface area (Å²) in [6.07, 6.45) is -0.647. The molecule has 5 nitrogen and oxygen atoms in total. The molecule has 3 rings (SSSR count). The zero-order chi connectivity index (χ0) is 21.0. The summed E-state index contributed by atoms with van der Waals surface area (Å²) < 4.78 is 12.0. The van der Waals surface area contributed by atoms with E-state index in [4.69, 9.17) is 32.7 Å². The Morgan fingerprint density at radius 2 is 1.48 bits per heavy atom. The van der Waals surface area contributed by atoms with E-state index in [-0.39, 0.29) is 12.1 Å². The fourth-order valence-electron chi connectivity index (χ4n) is 3.05. The molecule has 0 N–H and O–H groups in total. The highest BCUT2D eigenvalue weighted by Gasteiger charge is 2.20. The molecule has 0 bridgehead atoms. The van der Waals surface area contributed by atoms with Gasteiger partial charge in [-0.3, -0.25) is 4.79 Å². The summed E-state index contributed by atoms with van der Waals surface area (Å²) in [4.78, 5) is 13.3. The molecule has 0 saturated heterocycles. The number of halogens is 2. The molecular weight excluding hydrogens is 411 g/mol. The van der Waals surface area contributed by atoms with Gasteiger partial charge in [-0.1, -0.05) is 47.5 Å². The molecule has 3 aromatic rings. The third kappa shape index (κ3) is 4.52. The van der Waals surface area contributed by atoms with Crippen molar-refractivity contribution in [1.82, 2.24) is 4.57 Å². The number of pyridine rings is 1. The van der Waals surface area contributed by atoms with Crippen LogP contribution in [-0.4, -0.2) is 25.1 Å². The van der Waals surface area contributed by atoms with Gasteiger partial charge in [-0.25, -0.2) is 0 Å². The summed E-state index contributed by atoms with van der Waals surface area (Å²) in [6.45, 7) is 0.124. The summed E-state index contributed by atoms with van der Waals surface area (Å²) in [5, 5.41) is 10.9. The molecule has 2 aromatic carbocycles. The summed E-state index contributed by atoms with van der Waals surface area (Å²) in [7, 11) is 2.99. The van der Waals surface area contributed by atoms with E-state index in [0.29, 0.717) is 21.3 Å². The van der Waals surface area contributed by atoms with Crippen molar-refractivity contribution in [3.8, 4) is 28.5 Å². The zero-order valence-electron chi connectivity index (χ0n) is 15.9. The maximum atomic E-state index is 13.3. The van der Waals surface area contributed by atoms with Gasteiger partial charge in [0.25, 0.3) is 5.56 Å². The summed E-state index contributed by atoms with van der Waals surface area (Å²) in [6, 6.07) is 18.0. The van der Waals surface area contributed by atoms with Crippen LogP contribution < -0.4 is 5.56 Å². The second-order valence-electron chi connectivity index (χ2n) is 6.26. The van der Waals surface area contributed by atoms with E-state index in [1.54, 1.807) is 36.4 Å². The molecule has 0 saturated carbocycles. The first-order valence-electron chi connectivity index (χ1n) is 8.74. The van der Waals surface area contributed by atoms with E-state index in [2.05, 4.69) is 0 Å². The second kappa shape index (κ2) is 9.25. The first-order valence-corrected chi connectivity index (χ1v) is 9.49. The van der Waals surface area contributed by atoms with Crippen molar-refractivity contribution in [2.75, 3.05) is 14.2 Å². The normalized spacial score (nSPS) is 10.9. The van der Waals surface area contributed by atoms with E-state index in [1.807, 2.05) is 24.3 Å². The zero-order valence-corrected chi connectivity index (χ0v) is 17.4. The Morgan fingerprint density at radius 3 is 1.97 bits per heavy atom. The van der Waals surface area contributed by atoms with Gasteiger partial charge in [0.2, 0.25) is 0 Å². The molecule has 29 heavy (non-hydrogen) atoms. The maximum absolute atomic E-state index is 13.3. The van der Waals surface area contributed by atoms with E-state index in [9.17, 15) is 10.1 Å². The average Bonchev–Trinajstić information content (AvgIpc) is 2.73. The largest absolute Gasteiger partial charge is 0.354 e. The van der Waals surface area contributed by atoms with Gasteiger partial charge in [0.15, 0.2) is 6.29 Å². The lowest BCUT2D eigenvalue weighted by Gasteiger charge is -2.20. The SMILES string of the molecule is COC(Cn1c(-c2ccc(Cl)cc2)cc(-c2ccc(Cl)cc2)c(C#N)c1=O)OC. The number of benzene rings is 2. The van der Waals surface area contributed by atoms with E-state index >= 15 is 0 Å². The van der Waals surface area contributed by atoms with Crippen LogP contribution >= 0.6 is 23.2 Å². The van der Waals surface area contributed by atoms with Crippen molar-refractivity contribution in [3.05, 3.63) is 80.6 Å². The maximum Gasteiger partial charge on any atom is 0.269 e. The third-order valence-corrected chi connectivity index (χ3v) is 5.07. The first-order chi connectivity index (χ1) is 14.0. The molecule has 0 fully saturated rings. The molecule has 7 heteroatoms. The Hall–Kier alpha value is -2.62. The highest BCUT2D eigenvalue weighted by Crippen LogP contribution is 2.29. The number of ether oxygens (including phenoxy) is 2. The van der Waals surface area contributed by atoms with Crippen LogP contribution in [0.2, 0.25) is 10.0 Å². The molecule has 0 aliphatic heterocycles. The number of hydrogen-bond acceptors (Lipinski definition) is 4. The molecule has 1 aromatic heterocycles. The van der Waals surface area contributed by atoms with E-state index in [0.717, 1.165) is 11.1 Å². The van der Waals surface area contributed by atoms with Crippen molar-refractivity contribution < 1.29 is 9.47 Å². The van der Waals surface area contributed by atoms with Crippen LogP contribution in [0.3, 0.4) is 0 Å². The van der Waals surface area contributed by atoms with Gasteiger partial charge in [0, 0.05) is 29.8 Å². The van der Waals surface area contributed by atoms with E-state index < -0.39 is 11.8 Å². The lowest BCUT2D eigenvalue weighted by Crippen LogP contribution is -2.31. The summed E-state index contributed by atoms with van der Waals surface area (Å²) in [5.74, 6) is 0. The molecule has 0 radical (unpaired) electrons. The minimum atomic E-state index is -0.647. The Labute approximate surface area is 178 Å². The van der Waals surface area contributed by atoms with Gasteiger partial charge in [-0.15, -0.1) is 0 Å². The van der Waals surface area contributed by atoms with Gasteiger partial charge in [0.1, 0.15) is 11.6 Å². The van der Waals surface area contributed by atoms with Crippen LogP contribution in [0.15, 0.2) is 59.4 Å². The van der Waals surface area contributed by atoms with Crippen molar-refractivity contribution in [1.29, 1.82) is 5.26 Å². The summed E-state index contributed by atoms with van der Waals surface area (Å²) in [5.41, 5.74) is 2.26. The Morgan fingerprint density at radius 1 is 0.966 bits per heavy atom. The molecule has 0 aliphatic carbocycles. The Balaban J connectivity index is 2.30. The number of nitriles is 1. The number of hydrogen-bond donors (Lipinski definition) is 0. The molecule has 0 atom stereocenters. The smallest absolute Gasteiger partial charge is 0.269 e. The van der Waals surface area contributed by atoms with Crippen LogP contribution in [0.25, 0.3) is 22.4 Å². The van der Waals surface area contributed by atoms with Gasteiger partial charge >= 0.3 is 0 Å². The molecule has 1 heterocycles. The predicted molar refractivity (Wildman–Crippen MR) is 114 cm³/mol. The second-order valence-corrected chi connectivity index (χ2v) is 7.13. The van der Waals surface area contributed by atoms with Crippen molar-refractivity contribution >= 4 is 23.2 Å². The summed E-state index contributed by atoms with van der Waals surface area (Å²) >= 11 is 12.0. The molecule has 0 unspecified atom stereocenters. The topological polar surface area (TPSA) is 64.2 Å². The van der Waals surface area contributed by atoms with Gasteiger partial charge < -0.3 is 14.0 Å². The van der Waals surface area contributed by atoms with E-state index in [1.165, 1.54) is 18.8 Å².